The van der Waals surface area contributed by atoms with Crippen LogP contribution < -0.4 is 16.0 Å². The molecule has 0 aliphatic rings. The van der Waals surface area contributed by atoms with Crippen LogP contribution in [0.4, 0.5) is 21.3 Å². The molecule has 1 aromatic heterocycles. The van der Waals surface area contributed by atoms with Crippen molar-refractivity contribution in [3.05, 3.63) is 92.5 Å². The number of aryl methyl sites for hydroxylation is 1. The van der Waals surface area contributed by atoms with Gasteiger partial charge in [0, 0.05) is 24.2 Å². The minimum absolute atomic E-state index is 0.0160. The van der Waals surface area contributed by atoms with E-state index in [0.717, 1.165) is 15.8 Å². The summed E-state index contributed by atoms with van der Waals surface area (Å²) in [7, 11) is 0. The highest BCUT2D eigenvalue weighted by Crippen LogP contribution is 2.29. The molecule has 3 aromatic carbocycles. The van der Waals surface area contributed by atoms with E-state index in [1.54, 1.807) is 36.4 Å². The molecular weight excluding hydrogens is 478 g/mol. The second-order valence-electron chi connectivity index (χ2n) is 7.32. The Labute approximate surface area is 202 Å². The lowest BCUT2D eigenvalue weighted by molar-refractivity contribution is -0.384. The van der Waals surface area contributed by atoms with Crippen molar-refractivity contribution in [3.63, 3.8) is 0 Å². The van der Waals surface area contributed by atoms with Crippen molar-refractivity contribution in [1.29, 1.82) is 0 Å². The Hall–Kier alpha value is -4.02. The predicted molar refractivity (Wildman–Crippen MR) is 133 cm³/mol. The highest BCUT2D eigenvalue weighted by Gasteiger charge is 2.14. The van der Waals surface area contributed by atoms with Crippen molar-refractivity contribution in [2.75, 3.05) is 10.6 Å². The highest BCUT2D eigenvalue weighted by atomic mass is 35.5. The zero-order valence-corrected chi connectivity index (χ0v) is 19.4. The Balaban J connectivity index is 1.40. The van der Waals surface area contributed by atoms with Gasteiger partial charge in [-0.15, -0.1) is 0 Å². The summed E-state index contributed by atoms with van der Waals surface area (Å²) < 4.78 is 0.731. The van der Waals surface area contributed by atoms with Gasteiger partial charge >= 0.3 is 6.03 Å². The Morgan fingerprint density at radius 1 is 1.09 bits per heavy atom. The van der Waals surface area contributed by atoms with Crippen LogP contribution in [0.5, 0.6) is 0 Å². The van der Waals surface area contributed by atoms with Gasteiger partial charge in [-0.2, -0.15) is 0 Å². The minimum Gasteiger partial charge on any atom is -0.334 e. The van der Waals surface area contributed by atoms with E-state index in [2.05, 4.69) is 20.9 Å². The molecule has 3 N–H and O–H groups in total. The lowest BCUT2D eigenvalue weighted by atomic mass is 10.1. The molecule has 0 unspecified atom stereocenters. The number of nitrogens with one attached hydrogen (secondary N) is 3. The summed E-state index contributed by atoms with van der Waals surface area (Å²) in [6.07, 6.45) is 0. The van der Waals surface area contributed by atoms with Gasteiger partial charge in [-0.3, -0.25) is 20.2 Å². The number of carbonyl (C=O) groups excluding carboxylic acids is 2. The molecular formula is C23H18ClN5O4S. The van der Waals surface area contributed by atoms with Crippen molar-refractivity contribution in [1.82, 2.24) is 10.3 Å². The van der Waals surface area contributed by atoms with E-state index in [4.69, 9.17) is 11.6 Å². The van der Waals surface area contributed by atoms with E-state index in [9.17, 15) is 19.7 Å². The third kappa shape index (κ3) is 5.30. The van der Waals surface area contributed by atoms with E-state index in [1.165, 1.54) is 23.5 Å². The van der Waals surface area contributed by atoms with Gasteiger partial charge in [-0.1, -0.05) is 47.2 Å². The fourth-order valence-electron chi connectivity index (χ4n) is 3.15. The molecule has 0 radical (unpaired) electrons. The lowest BCUT2D eigenvalue weighted by Crippen LogP contribution is -2.28. The number of para-hydroxylation sites is 1. The van der Waals surface area contributed by atoms with Crippen LogP contribution >= 0.6 is 22.9 Å². The summed E-state index contributed by atoms with van der Waals surface area (Å²) in [5.74, 6) is -0.304. The van der Waals surface area contributed by atoms with Crippen molar-refractivity contribution in [2.24, 2.45) is 0 Å². The third-order valence-electron chi connectivity index (χ3n) is 4.93. The second-order valence-corrected chi connectivity index (χ2v) is 8.76. The van der Waals surface area contributed by atoms with E-state index in [-0.39, 0.29) is 18.1 Å². The first-order valence-electron chi connectivity index (χ1n) is 10.1. The lowest BCUT2D eigenvalue weighted by Gasteiger charge is -2.10. The molecule has 0 aliphatic heterocycles. The number of nitrogens with zero attached hydrogens (tertiary/aromatic N) is 2. The normalized spacial score (nSPS) is 10.6. The maximum Gasteiger partial charge on any atom is 0.321 e. The molecule has 11 heteroatoms. The average Bonchev–Trinajstić information content (AvgIpc) is 3.21. The molecule has 172 valence electrons. The number of hydrogen-bond acceptors (Lipinski definition) is 6. The van der Waals surface area contributed by atoms with Gasteiger partial charge < -0.3 is 10.6 Å². The van der Waals surface area contributed by atoms with E-state index in [0.29, 0.717) is 26.9 Å². The smallest absolute Gasteiger partial charge is 0.321 e. The number of hydrogen-bond donors (Lipinski definition) is 3. The molecule has 0 saturated heterocycles. The molecule has 9 nitrogen and oxygen atoms in total. The van der Waals surface area contributed by atoms with Crippen LogP contribution in [0.25, 0.3) is 10.2 Å². The van der Waals surface area contributed by atoms with Gasteiger partial charge in [0.15, 0.2) is 5.13 Å². The molecule has 0 saturated carbocycles. The summed E-state index contributed by atoms with van der Waals surface area (Å²) in [6, 6.07) is 15.9. The molecule has 0 atom stereocenters. The summed E-state index contributed by atoms with van der Waals surface area (Å²) in [5.41, 5.74) is 3.19. The van der Waals surface area contributed by atoms with Crippen molar-refractivity contribution < 1.29 is 14.5 Å². The number of rotatable bonds is 6. The zero-order valence-electron chi connectivity index (χ0n) is 17.8. The van der Waals surface area contributed by atoms with Gasteiger partial charge in [0.05, 0.1) is 25.8 Å². The molecule has 0 spiro atoms. The van der Waals surface area contributed by atoms with Crippen LogP contribution in [0.3, 0.4) is 0 Å². The van der Waals surface area contributed by atoms with Crippen molar-refractivity contribution >= 4 is 61.6 Å². The molecule has 0 bridgehead atoms. The predicted octanol–water partition coefficient (Wildman–Crippen LogP) is 5.74. The van der Waals surface area contributed by atoms with E-state index >= 15 is 0 Å². The minimum atomic E-state index is -0.482. The Morgan fingerprint density at radius 2 is 1.85 bits per heavy atom. The number of halogens is 1. The number of urea groups is 1. The van der Waals surface area contributed by atoms with Crippen molar-refractivity contribution in [2.45, 2.75) is 13.5 Å². The van der Waals surface area contributed by atoms with E-state index in [1.807, 2.05) is 19.1 Å². The third-order valence-corrected chi connectivity index (χ3v) is 6.18. The fourth-order valence-corrected chi connectivity index (χ4v) is 4.32. The van der Waals surface area contributed by atoms with E-state index < -0.39 is 11.0 Å². The summed E-state index contributed by atoms with van der Waals surface area (Å²) in [4.78, 5) is 39.6. The SMILES string of the molecule is Cc1cccc(Cl)c1NC(=O)c1ccc2nc(NC(=O)NCc3ccc([N+](=O)[O-])cc3)sc2c1. The second kappa shape index (κ2) is 9.86. The fraction of sp³-hybridized carbons (Fsp3) is 0.0870. The summed E-state index contributed by atoms with van der Waals surface area (Å²) in [5, 5.41) is 19.7. The Morgan fingerprint density at radius 3 is 2.56 bits per heavy atom. The number of amides is 3. The number of aromatic nitrogens is 1. The average molecular weight is 496 g/mol. The van der Waals surface area contributed by atoms with Gasteiger partial charge in [0.2, 0.25) is 0 Å². The Bertz CT molecular complexity index is 1380. The zero-order chi connectivity index (χ0) is 24.2. The number of non-ortho nitro benzene ring substituents is 1. The molecule has 1 heterocycles. The van der Waals surface area contributed by atoms with Crippen LogP contribution in [0.1, 0.15) is 21.5 Å². The number of fused-ring (bicyclic) bond motifs is 1. The van der Waals surface area contributed by atoms with Crippen LogP contribution in [0.2, 0.25) is 5.02 Å². The maximum absolute atomic E-state index is 12.7. The Kier molecular flexibility index (Phi) is 6.71. The number of anilines is 2. The van der Waals surface area contributed by atoms with Crippen LogP contribution in [0, 0.1) is 17.0 Å². The first kappa shape index (κ1) is 23.1. The standard InChI is InChI=1S/C23H18ClN5O4S/c1-13-3-2-4-17(24)20(13)27-21(30)15-7-10-18-19(11-15)34-23(26-18)28-22(31)25-12-14-5-8-16(9-6-14)29(32)33/h2-11H,12H2,1H3,(H,27,30)(H2,25,26,28,31). The summed E-state index contributed by atoms with van der Waals surface area (Å²) >= 11 is 7.43. The summed E-state index contributed by atoms with van der Waals surface area (Å²) in [6.45, 7) is 2.05. The van der Waals surface area contributed by atoms with Gasteiger partial charge in [-0.05, 0) is 42.3 Å². The molecule has 0 fully saturated rings. The first-order chi connectivity index (χ1) is 16.3. The molecule has 4 rings (SSSR count). The van der Waals surface area contributed by atoms with Gasteiger partial charge in [-0.25, -0.2) is 9.78 Å². The van der Waals surface area contributed by atoms with Gasteiger partial charge in [0.1, 0.15) is 0 Å². The van der Waals surface area contributed by atoms with Crippen LogP contribution in [-0.4, -0.2) is 21.8 Å². The first-order valence-corrected chi connectivity index (χ1v) is 11.2. The van der Waals surface area contributed by atoms with Crippen LogP contribution in [0.15, 0.2) is 60.7 Å². The number of nitro groups is 1. The molecule has 3 amide bonds. The number of benzene rings is 3. The highest BCUT2D eigenvalue weighted by molar-refractivity contribution is 7.22. The molecule has 4 aromatic rings. The van der Waals surface area contributed by atoms with Crippen molar-refractivity contribution in [3.8, 4) is 0 Å². The van der Waals surface area contributed by atoms with Gasteiger partial charge in [0.25, 0.3) is 11.6 Å². The maximum atomic E-state index is 12.7. The van der Waals surface area contributed by atoms with Crippen LogP contribution in [-0.2, 0) is 6.54 Å². The number of nitro benzene ring substituents is 1. The monoisotopic (exact) mass is 495 g/mol. The molecule has 34 heavy (non-hydrogen) atoms. The molecule has 0 aliphatic carbocycles. The number of thiazole rings is 1. The number of carbonyl (C=O) groups is 2. The largest absolute Gasteiger partial charge is 0.334 e. The topological polar surface area (TPSA) is 126 Å². The quantitative estimate of drug-likeness (QED) is 0.232.